The third-order valence-electron chi connectivity index (χ3n) is 2.69. The highest BCUT2D eigenvalue weighted by molar-refractivity contribution is 6.32. The van der Waals surface area contributed by atoms with Crippen molar-refractivity contribution in [3.05, 3.63) is 89.9 Å². The van der Waals surface area contributed by atoms with Crippen molar-refractivity contribution in [2.24, 2.45) is 0 Å². The fourth-order valence-corrected chi connectivity index (χ4v) is 1.73. The summed E-state index contributed by atoms with van der Waals surface area (Å²) in [4.78, 5) is 16.1. The standard InChI is InChI=1S/C17H17ClN2O/c1-5-7-9-12(3)13(4)15(6-2)20-17(21)14-10-8-11-19-16(14)18/h5-11H,1,3-4H2,2H3,(H,20,21)/b9-7-,15-6+. The zero-order valence-electron chi connectivity index (χ0n) is 11.9. The lowest BCUT2D eigenvalue weighted by Crippen LogP contribution is -2.24. The van der Waals surface area contributed by atoms with E-state index in [4.69, 9.17) is 11.6 Å². The predicted octanol–water partition coefficient (Wildman–Crippen LogP) is 4.22. The molecule has 0 atom stereocenters. The van der Waals surface area contributed by atoms with Crippen LogP contribution in [0.4, 0.5) is 0 Å². The van der Waals surface area contributed by atoms with Crippen molar-refractivity contribution in [2.45, 2.75) is 6.92 Å². The van der Waals surface area contributed by atoms with E-state index in [0.29, 0.717) is 22.4 Å². The quantitative estimate of drug-likeness (QED) is 0.631. The Hall–Kier alpha value is -2.39. The third kappa shape index (κ3) is 4.58. The molecule has 0 saturated carbocycles. The van der Waals surface area contributed by atoms with E-state index in [-0.39, 0.29) is 11.1 Å². The highest BCUT2D eigenvalue weighted by Gasteiger charge is 2.13. The van der Waals surface area contributed by atoms with E-state index in [2.05, 4.69) is 30.0 Å². The molecule has 1 N–H and O–H groups in total. The minimum absolute atomic E-state index is 0.154. The van der Waals surface area contributed by atoms with Crippen LogP contribution in [0.2, 0.25) is 5.15 Å². The van der Waals surface area contributed by atoms with Crippen LogP contribution in [-0.4, -0.2) is 10.9 Å². The van der Waals surface area contributed by atoms with Gasteiger partial charge in [0.15, 0.2) is 0 Å². The van der Waals surface area contributed by atoms with E-state index in [0.717, 1.165) is 0 Å². The Bertz CT molecular complexity index is 642. The molecule has 0 unspecified atom stereocenters. The van der Waals surface area contributed by atoms with Crippen molar-refractivity contribution in [2.75, 3.05) is 0 Å². The summed E-state index contributed by atoms with van der Waals surface area (Å²) in [7, 11) is 0. The van der Waals surface area contributed by atoms with Crippen molar-refractivity contribution in [3.63, 3.8) is 0 Å². The van der Waals surface area contributed by atoms with E-state index in [1.807, 2.05) is 0 Å². The molecule has 0 bridgehead atoms. The molecule has 0 saturated heterocycles. The second kappa shape index (κ2) is 8.02. The first-order valence-electron chi connectivity index (χ1n) is 6.27. The summed E-state index contributed by atoms with van der Waals surface area (Å²) in [5.74, 6) is -0.345. The maximum absolute atomic E-state index is 12.2. The average Bonchev–Trinajstić information content (AvgIpc) is 2.49. The van der Waals surface area contributed by atoms with Crippen molar-refractivity contribution in [1.82, 2.24) is 10.3 Å². The highest BCUT2D eigenvalue weighted by Crippen LogP contribution is 2.17. The van der Waals surface area contributed by atoms with Crippen molar-refractivity contribution in [1.29, 1.82) is 0 Å². The van der Waals surface area contributed by atoms with Crippen LogP contribution in [0.25, 0.3) is 0 Å². The summed E-state index contributed by atoms with van der Waals surface area (Å²) in [6.45, 7) is 13.2. The first-order valence-corrected chi connectivity index (χ1v) is 6.64. The van der Waals surface area contributed by atoms with E-state index in [1.54, 1.807) is 43.4 Å². The molecule has 1 amide bonds. The monoisotopic (exact) mass is 300 g/mol. The van der Waals surface area contributed by atoms with Crippen LogP contribution in [0, 0.1) is 0 Å². The highest BCUT2D eigenvalue weighted by atomic mass is 35.5. The number of rotatable bonds is 6. The molecule has 0 aromatic carbocycles. The molecular formula is C17H17ClN2O. The fraction of sp³-hybridized carbons (Fsp3) is 0.0588. The number of allylic oxidation sites excluding steroid dienone is 5. The predicted molar refractivity (Wildman–Crippen MR) is 88.1 cm³/mol. The molecule has 21 heavy (non-hydrogen) atoms. The molecule has 1 rings (SSSR count). The maximum Gasteiger partial charge on any atom is 0.258 e. The van der Waals surface area contributed by atoms with Gasteiger partial charge in [0.1, 0.15) is 5.15 Å². The summed E-state index contributed by atoms with van der Waals surface area (Å²) < 4.78 is 0. The van der Waals surface area contributed by atoms with E-state index in [9.17, 15) is 4.79 Å². The number of pyridine rings is 1. The molecule has 0 fully saturated rings. The first-order chi connectivity index (χ1) is 10.0. The van der Waals surface area contributed by atoms with Gasteiger partial charge in [-0.05, 0) is 30.2 Å². The summed E-state index contributed by atoms with van der Waals surface area (Å²) in [6, 6.07) is 3.25. The largest absolute Gasteiger partial charge is 0.322 e. The molecule has 0 spiro atoms. The van der Waals surface area contributed by atoms with Crippen LogP contribution in [0.15, 0.2) is 79.2 Å². The Kier molecular flexibility index (Phi) is 6.37. The minimum Gasteiger partial charge on any atom is -0.322 e. The average molecular weight is 301 g/mol. The van der Waals surface area contributed by atoms with Gasteiger partial charge in [0.2, 0.25) is 0 Å². The molecule has 4 heteroatoms. The molecule has 1 heterocycles. The van der Waals surface area contributed by atoms with Gasteiger partial charge in [-0.15, -0.1) is 0 Å². The van der Waals surface area contributed by atoms with Crippen LogP contribution < -0.4 is 5.32 Å². The summed E-state index contributed by atoms with van der Waals surface area (Å²) in [6.07, 6.45) is 8.43. The summed E-state index contributed by atoms with van der Waals surface area (Å²) >= 11 is 5.90. The SMILES string of the molecule is C=C/C=C\C(=C)C(=C)/C(=C\C)NC(=O)c1cccnc1Cl. The van der Waals surface area contributed by atoms with Crippen LogP contribution in [0.3, 0.4) is 0 Å². The lowest BCUT2D eigenvalue weighted by Gasteiger charge is -2.13. The van der Waals surface area contributed by atoms with Gasteiger partial charge in [-0.1, -0.05) is 55.6 Å². The number of nitrogens with one attached hydrogen (secondary N) is 1. The Morgan fingerprint density at radius 2 is 2.14 bits per heavy atom. The lowest BCUT2D eigenvalue weighted by molar-refractivity contribution is 0.0966. The van der Waals surface area contributed by atoms with E-state index >= 15 is 0 Å². The number of hydrogen-bond acceptors (Lipinski definition) is 2. The summed E-state index contributed by atoms with van der Waals surface area (Å²) in [5.41, 5.74) is 2.17. The van der Waals surface area contributed by atoms with Gasteiger partial charge in [0, 0.05) is 11.9 Å². The fourth-order valence-electron chi connectivity index (χ4n) is 1.52. The number of carbonyl (C=O) groups excluding carboxylic acids is 1. The van der Waals surface area contributed by atoms with Gasteiger partial charge < -0.3 is 5.32 Å². The number of nitrogens with zero attached hydrogens (tertiary/aromatic N) is 1. The van der Waals surface area contributed by atoms with Crippen molar-refractivity contribution < 1.29 is 4.79 Å². The zero-order chi connectivity index (χ0) is 15.8. The van der Waals surface area contributed by atoms with E-state index < -0.39 is 0 Å². The number of aromatic nitrogens is 1. The van der Waals surface area contributed by atoms with Gasteiger partial charge in [-0.3, -0.25) is 4.79 Å². The van der Waals surface area contributed by atoms with Gasteiger partial charge in [-0.25, -0.2) is 4.98 Å². The maximum atomic E-state index is 12.2. The Morgan fingerprint density at radius 1 is 1.43 bits per heavy atom. The van der Waals surface area contributed by atoms with Crippen molar-refractivity contribution >= 4 is 17.5 Å². The van der Waals surface area contributed by atoms with Gasteiger partial charge in [0.25, 0.3) is 5.91 Å². The number of halogens is 1. The van der Waals surface area contributed by atoms with E-state index in [1.165, 1.54) is 6.20 Å². The van der Waals surface area contributed by atoms with Crippen LogP contribution >= 0.6 is 11.6 Å². The Labute approximate surface area is 130 Å². The molecule has 1 aromatic heterocycles. The molecule has 0 radical (unpaired) electrons. The molecule has 108 valence electrons. The number of hydrogen-bond donors (Lipinski definition) is 1. The van der Waals surface area contributed by atoms with Crippen molar-refractivity contribution in [3.8, 4) is 0 Å². The Balaban J connectivity index is 2.89. The topological polar surface area (TPSA) is 42.0 Å². The Morgan fingerprint density at radius 3 is 2.71 bits per heavy atom. The molecule has 3 nitrogen and oxygen atoms in total. The first kappa shape index (κ1) is 16.7. The normalized spacial score (nSPS) is 11.2. The molecule has 0 aliphatic rings. The van der Waals surface area contributed by atoms with Gasteiger partial charge >= 0.3 is 0 Å². The van der Waals surface area contributed by atoms with Gasteiger partial charge in [-0.2, -0.15) is 0 Å². The smallest absolute Gasteiger partial charge is 0.258 e. The van der Waals surface area contributed by atoms with Crippen LogP contribution in [0.5, 0.6) is 0 Å². The van der Waals surface area contributed by atoms with Gasteiger partial charge in [0.05, 0.1) is 5.56 Å². The second-order valence-corrected chi connectivity index (χ2v) is 4.45. The molecular weight excluding hydrogens is 284 g/mol. The third-order valence-corrected chi connectivity index (χ3v) is 2.99. The number of amides is 1. The van der Waals surface area contributed by atoms with Crippen LogP contribution in [-0.2, 0) is 0 Å². The minimum atomic E-state index is -0.345. The second-order valence-electron chi connectivity index (χ2n) is 4.10. The zero-order valence-corrected chi connectivity index (χ0v) is 12.7. The molecule has 1 aromatic rings. The molecule has 0 aliphatic carbocycles. The lowest BCUT2D eigenvalue weighted by atomic mass is 10.1. The molecule has 0 aliphatic heterocycles. The van der Waals surface area contributed by atoms with Crippen LogP contribution in [0.1, 0.15) is 17.3 Å². The summed E-state index contributed by atoms with van der Waals surface area (Å²) in [5, 5.41) is 2.91. The number of carbonyl (C=O) groups is 1.